The highest BCUT2D eigenvalue weighted by atomic mass is 32.1. The zero-order chi connectivity index (χ0) is 20.8. The summed E-state index contributed by atoms with van der Waals surface area (Å²) in [7, 11) is 0. The quantitative estimate of drug-likeness (QED) is 0.556. The molecular weight excluding hydrogens is 392 g/mol. The molecule has 4 rings (SSSR count). The van der Waals surface area contributed by atoms with Crippen LogP contribution in [0.5, 0.6) is 0 Å². The molecule has 0 unspecified atom stereocenters. The predicted molar refractivity (Wildman–Crippen MR) is 123 cm³/mol. The molecule has 2 aliphatic heterocycles. The number of likely N-dealkylation sites (tertiary alicyclic amines) is 1. The molecule has 164 valence electrons. The van der Waals surface area contributed by atoms with Crippen molar-refractivity contribution in [2.75, 3.05) is 13.1 Å². The topological polar surface area (TPSA) is 40.6 Å². The Hall–Kier alpha value is -1.62. The minimum Gasteiger partial charge on any atom is -0.366 e. The Bertz CT molecular complexity index is 737. The Labute approximate surface area is 185 Å². The van der Waals surface area contributed by atoms with Crippen molar-refractivity contribution in [1.29, 1.82) is 0 Å². The SMILES string of the molecule is O=C1C(c2cccs2)=C(N2CCCCC2)C(=O)N1C1CCCCCCCCCCC1. The third-order valence-corrected chi connectivity index (χ3v) is 7.86. The Morgan fingerprint density at radius 3 is 1.87 bits per heavy atom. The van der Waals surface area contributed by atoms with Gasteiger partial charge in [-0.15, -0.1) is 11.3 Å². The molecule has 0 radical (unpaired) electrons. The molecule has 30 heavy (non-hydrogen) atoms. The standard InChI is InChI=1S/C25H36N2O2S/c28-24-22(21-16-13-19-30-21)23(26-17-11-8-12-18-26)25(29)27(24)20-14-9-6-4-2-1-3-5-7-10-15-20/h13,16,19-20H,1-12,14-15,17-18H2. The molecule has 0 spiro atoms. The molecule has 5 heteroatoms. The second kappa shape index (κ2) is 10.6. The van der Waals surface area contributed by atoms with E-state index in [-0.39, 0.29) is 17.9 Å². The maximum absolute atomic E-state index is 13.7. The van der Waals surface area contributed by atoms with Gasteiger partial charge in [-0.3, -0.25) is 14.5 Å². The van der Waals surface area contributed by atoms with Crippen LogP contribution in [-0.4, -0.2) is 40.7 Å². The van der Waals surface area contributed by atoms with Crippen LogP contribution in [-0.2, 0) is 9.59 Å². The molecule has 1 aromatic rings. The lowest BCUT2D eigenvalue weighted by molar-refractivity contribution is -0.140. The van der Waals surface area contributed by atoms with Gasteiger partial charge in [0.1, 0.15) is 5.70 Å². The number of amides is 2. The van der Waals surface area contributed by atoms with E-state index in [2.05, 4.69) is 4.90 Å². The third kappa shape index (κ3) is 4.82. The number of imide groups is 1. The summed E-state index contributed by atoms with van der Waals surface area (Å²) in [4.78, 5) is 32.2. The fourth-order valence-electron chi connectivity index (χ4n) is 5.32. The number of carbonyl (C=O) groups excluding carboxylic acids is 2. The Balaban J connectivity index is 1.58. The van der Waals surface area contributed by atoms with E-state index in [9.17, 15) is 9.59 Å². The Kier molecular flexibility index (Phi) is 7.64. The Morgan fingerprint density at radius 1 is 0.733 bits per heavy atom. The van der Waals surface area contributed by atoms with Crippen LogP contribution in [0.25, 0.3) is 5.57 Å². The van der Waals surface area contributed by atoms with E-state index in [1.807, 2.05) is 17.5 Å². The smallest absolute Gasteiger partial charge is 0.278 e. The lowest BCUT2D eigenvalue weighted by Crippen LogP contribution is -2.43. The normalized spacial score (nSPS) is 23.6. The van der Waals surface area contributed by atoms with Gasteiger partial charge < -0.3 is 4.90 Å². The Morgan fingerprint density at radius 2 is 1.30 bits per heavy atom. The van der Waals surface area contributed by atoms with Crippen LogP contribution in [0, 0.1) is 0 Å². The summed E-state index contributed by atoms with van der Waals surface area (Å²) in [5.41, 5.74) is 1.36. The highest BCUT2D eigenvalue weighted by Crippen LogP contribution is 2.37. The van der Waals surface area contributed by atoms with Crippen molar-refractivity contribution in [3.05, 3.63) is 28.1 Å². The van der Waals surface area contributed by atoms with Gasteiger partial charge in [-0.1, -0.05) is 63.9 Å². The van der Waals surface area contributed by atoms with Crippen molar-refractivity contribution < 1.29 is 9.59 Å². The summed E-state index contributed by atoms with van der Waals surface area (Å²) in [6.07, 6.45) is 16.6. The summed E-state index contributed by atoms with van der Waals surface area (Å²) >= 11 is 1.58. The fraction of sp³-hybridized carbons (Fsp3) is 0.680. The monoisotopic (exact) mass is 428 g/mol. The molecule has 0 N–H and O–H groups in total. The van der Waals surface area contributed by atoms with Crippen molar-refractivity contribution in [3.63, 3.8) is 0 Å². The first kappa shape index (κ1) is 21.6. The van der Waals surface area contributed by atoms with Crippen LogP contribution >= 0.6 is 11.3 Å². The van der Waals surface area contributed by atoms with Gasteiger partial charge in [0.25, 0.3) is 11.8 Å². The van der Waals surface area contributed by atoms with Gasteiger partial charge in [-0.25, -0.2) is 0 Å². The first-order valence-corrected chi connectivity index (χ1v) is 13.1. The first-order chi connectivity index (χ1) is 14.8. The average Bonchev–Trinajstić information content (AvgIpc) is 3.36. The van der Waals surface area contributed by atoms with Gasteiger partial charge >= 0.3 is 0 Å². The van der Waals surface area contributed by atoms with Crippen molar-refractivity contribution in [2.24, 2.45) is 0 Å². The van der Waals surface area contributed by atoms with Crippen LogP contribution in [0.3, 0.4) is 0 Å². The summed E-state index contributed by atoms with van der Waals surface area (Å²) < 4.78 is 0. The van der Waals surface area contributed by atoms with Crippen molar-refractivity contribution >= 4 is 28.7 Å². The number of hydrogen-bond donors (Lipinski definition) is 0. The molecule has 3 heterocycles. The summed E-state index contributed by atoms with van der Waals surface area (Å²) in [6.45, 7) is 1.78. The lowest BCUT2D eigenvalue weighted by Gasteiger charge is -2.31. The van der Waals surface area contributed by atoms with E-state index >= 15 is 0 Å². The number of nitrogens with zero attached hydrogens (tertiary/aromatic N) is 2. The molecule has 4 nitrogen and oxygen atoms in total. The van der Waals surface area contributed by atoms with Gasteiger partial charge in [0, 0.05) is 24.0 Å². The molecular formula is C25H36N2O2S. The maximum atomic E-state index is 13.7. The van der Waals surface area contributed by atoms with Gasteiger partial charge in [0.2, 0.25) is 0 Å². The van der Waals surface area contributed by atoms with Gasteiger partial charge in [0.15, 0.2) is 0 Å². The minimum atomic E-state index is -0.0416. The van der Waals surface area contributed by atoms with E-state index in [1.54, 1.807) is 16.2 Å². The third-order valence-electron chi connectivity index (χ3n) is 6.97. The van der Waals surface area contributed by atoms with E-state index in [1.165, 1.54) is 51.4 Å². The zero-order valence-corrected chi connectivity index (χ0v) is 19.1. The van der Waals surface area contributed by atoms with E-state index < -0.39 is 0 Å². The molecule has 2 amide bonds. The van der Waals surface area contributed by atoms with E-state index in [0.717, 1.165) is 56.5 Å². The number of hydrogen-bond acceptors (Lipinski definition) is 4. The molecule has 1 aromatic heterocycles. The van der Waals surface area contributed by atoms with Crippen LogP contribution in [0.4, 0.5) is 0 Å². The predicted octanol–water partition coefficient (Wildman–Crippen LogP) is 5.99. The second-order valence-corrected chi connectivity index (χ2v) is 10.1. The molecule has 1 aliphatic carbocycles. The zero-order valence-electron chi connectivity index (χ0n) is 18.2. The van der Waals surface area contributed by atoms with E-state index in [4.69, 9.17) is 0 Å². The fourth-order valence-corrected chi connectivity index (χ4v) is 6.08. The van der Waals surface area contributed by atoms with Crippen LogP contribution in [0.1, 0.15) is 94.8 Å². The van der Waals surface area contributed by atoms with Crippen molar-refractivity contribution in [2.45, 2.75) is 95.9 Å². The number of rotatable bonds is 3. The number of carbonyl (C=O) groups is 2. The minimum absolute atomic E-state index is 0.0256. The first-order valence-electron chi connectivity index (χ1n) is 12.2. The van der Waals surface area contributed by atoms with Crippen molar-refractivity contribution in [3.8, 4) is 0 Å². The summed E-state index contributed by atoms with van der Waals surface area (Å²) in [5, 5.41) is 2.01. The summed E-state index contributed by atoms with van der Waals surface area (Å²) in [6, 6.07) is 4.04. The van der Waals surface area contributed by atoms with E-state index in [0.29, 0.717) is 11.3 Å². The number of piperidine rings is 1. The van der Waals surface area contributed by atoms with Crippen molar-refractivity contribution in [1.82, 2.24) is 9.80 Å². The number of thiophene rings is 1. The van der Waals surface area contributed by atoms with Gasteiger partial charge in [0.05, 0.1) is 5.57 Å². The summed E-state index contributed by atoms with van der Waals surface area (Å²) in [5.74, 6) is -0.0671. The lowest BCUT2D eigenvalue weighted by atomic mass is 9.97. The highest BCUT2D eigenvalue weighted by Gasteiger charge is 2.44. The molecule has 0 bridgehead atoms. The molecule has 3 aliphatic rings. The molecule has 2 fully saturated rings. The average molecular weight is 429 g/mol. The molecule has 0 atom stereocenters. The van der Waals surface area contributed by atoms with Crippen LogP contribution < -0.4 is 0 Å². The molecule has 1 saturated carbocycles. The maximum Gasteiger partial charge on any atom is 0.278 e. The van der Waals surface area contributed by atoms with Gasteiger partial charge in [-0.2, -0.15) is 0 Å². The van der Waals surface area contributed by atoms with Crippen LogP contribution in [0.2, 0.25) is 0 Å². The largest absolute Gasteiger partial charge is 0.366 e. The molecule has 1 saturated heterocycles. The second-order valence-electron chi connectivity index (χ2n) is 9.14. The van der Waals surface area contributed by atoms with Gasteiger partial charge in [-0.05, 0) is 43.6 Å². The van der Waals surface area contributed by atoms with Crippen LogP contribution in [0.15, 0.2) is 23.2 Å². The molecule has 0 aromatic carbocycles. The highest BCUT2D eigenvalue weighted by molar-refractivity contribution is 7.11.